The van der Waals surface area contributed by atoms with Gasteiger partial charge in [0, 0.05) is 12.5 Å². The average molecular weight is 281 g/mol. The number of aromatic nitrogens is 2. The van der Waals surface area contributed by atoms with Gasteiger partial charge in [0.15, 0.2) is 0 Å². The quantitative estimate of drug-likeness (QED) is 0.786. The molecule has 1 aromatic heterocycles. The van der Waals surface area contributed by atoms with E-state index in [0.717, 1.165) is 30.9 Å². The van der Waals surface area contributed by atoms with E-state index in [1.54, 1.807) is 11.3 Å². The van der Waals surface area contributed by atoms with Crippen LogP contribution in [-0.2, 0) is 0 Å². The minimum atomic E-state index is -0.0586. The van der Waals surface area contributed by atoms with Gasteiger partial charge >= 0.3 is 0 Å². The molecular weight excluding hydrogens is 258 g/mol. The fraction of sp³-hybridized carbons (Fsp3) is 0.857. The van der Waals surface area contributed by atoms with Gasteiger partial charge in [-0.1, -0.05) is 24.2 Å². The van der Waals surface area contributed by atoms with Gasteiger partial charge in [0.05, 0.1) is 6.10 Å². The van der Waals surface area contributed by atoms with E-state index in [9.17, 15) is 5.11 Å². The third kappa shape index (κ3) is 3.66. The molecule has 5 heteroatoms. The summed E-state index contributed by atoms with van der Waals surface area (Å²) < 4.78 is 0. The molecule has 2 saturated carbocycles. The maximum absolute atomic E-state index is 9.92. The van der Waals surface area contributed by atoms with E-state index >= 15 is 0 Å². The van der Waals surface area contributed by atoms with E-state index in [2.05, 4.69) is 15.5 Å². The lowest BCUT2D eigenvalue weighted by Gasteiger charge is -2.27. The van der Waals surface area contributed by atoms with Gasteiger partial charge in [-0.25, -0.2) is 0 Å². The third-order valence-electron chi connectivity index (χ3n) is 4.26. The molecule has 2 atom stereocenters. The van der Waals surface area contributed by atoms with Gasteiger partial charge in [-0.3, -0.25) is 0 Å². The summed E-state index contributed by atoms with van der Waals surface area (Å²) in [5.41, 5.74) is 0. The number of hydrogen-bond acceptors (Lipinski definition) is 5. The maximum atomic E-state index is 9.92. The highest BCUT2D eigenvalue weighted by molar-refractivity contribution is 7.15. The predicted octanol–water partition coefficient (Wildman–Crippen LogP) is 3.16. The number of rotatable bonds is 6. The van der Waals surface area contributed by atoms with Crippen LogP contribution < -0.4 is 5.32 Å². The molecular formula is C14H23N3OS. The van der Waals surface area contributed by atoms with Gasteiger partial charge in [-0.15, -0.1) is 10.2 Å². The van der Waals surface area contributed by atoms with E-state index in [-0.39, 0.29) is 6.10 Å². The van der Waals surface area contributed by atoms with Gasteiger partial charge in [0.2, 0.25) is 5.13 Å². The molecule has 0 bridgehead atoms. The van der Waals surface area contributed by atoms with Crippen LogP contribution >= 0.6 is 11.3 Å². The second-order valence-corrected chi connectivity index (χ2v) is 6.91. The average Bonchev–Trinajstić information content (AvgIpc) is 3.17. The molecule has 1 heterocycles. The lowest BCUT2D eigenvalue weighted by Crippen LogP contribution is -2.24. The second-order valence-electron chi connectivity index (χ2n) is 5.90. The molecule has 1 aromatic rings. The Morgan fingerprint density at radius 3 is 2.79 bits per heavy atom. The molecule has 2 aliphatic rings. The van der Waals surface area contributed by atoms with E-state index in [1.165, 1.54) is 37.1 Å². The Labute approximate surface area is 118 Å². The molecule has 19 heavy (non-hydrogen) atoms. The van der Waals surface area contributed by atoms with E-state index < -0.39 is 0 Å². The lowest BCUT2D eigenvalue weighted by atomic mass is 9.83. The Kier molecular flexibility index (Phi) is 4.33. The van der Waals surface area contributed by atoms with Crippen molar-refractivity contribution in [2.75, 3.05) is 11.9 Å². The zero-order valence-electron chi connectivity index (χ0n) is 11.3. The first kappa shape index (κ1) is 13.3. The van der Waals surface area contributed by atoms with Crippen LogP contribution in [0.2, 0.25) is 0 Å². The summed E-state index contributed by atoms with van der Waals surface area (Å²) in [7, 11) is 0. The smallest absolute Gasteiger partial charge is 0.205 e. The highest BCUT2D eigenvalue weighted by atomic mass is 32.1. The van der Waals surface area contributed by atoms with Crippen LogP contribution in [0.4, 0.5) is 5.13 Å². The molecule has 2 N–H and O–H groups in total. The molecule has 0 radical (unpaired) electrons. The minimum Gasteiger partial charge on any atom is -0.393 e. The van der Waals surface area contributed by atoms with Gasteiger partial charge in [0.1, 0.15) is 5.01 Å². The molecule has 4 nitrogen and oxygen atoms in total. The first-order chi connectivity index (χ1) is 9.33. The van der Waals surface area contributed by atoms with Gasteiger partial charge in [-0.2, -0.15) is 0 Å². The van der Waals surface area contributed by atoms with Gasteiger partial charge in [-0.05, 0) is 44.4 Å². The SMILES string of the molecule is OC1CCCCC1CCCNc1nnc(C2CC2)s1. The predicted molar refractivity (Wildman–Crippen MR) is 77.6 cm³/mol. The van der Waals surface area contributed by atoms with Crippen molar-refractivity contribution in [1.82, 2.24) is 10.2 Å². The van der Waals surface area contributed by atoms with E-state index in [0.29, 0.717) is 11.8 Å². The minimum absolute atomic E-state index is 0.0586. The molecule has 2 fully saturated rings. The van der Waals surface area contributed by atoms with E-state index in [1.807, 2.05) is 0 Å². The summed E-state index contributed by atoms with van der Waals surface area (Å²) in [5, 5.41) is 23.9. The molecule has 106 valence electrons. The number of aliphatic hydroxyl groups excluding tert-OH is 1. The number of nitrogens with one attached hydrogen (secondary N) is 1. The highest BCUT2D eigenvalue weighted by Crippen LogP contribution is 2.42. The molecule has 2 unspecified atom stereocenters. The molecule has 2 aliphatic carbocycles. The van der Waals surface area contributed by atoms with Crippen LogP contribution in [0, 0.1) is 5.92 Å². The molecule has 3 rings (SSSR count). The summed E-state index contributed by atoms with van der Waals surface area (Å²) >= 11 is 1.71. The molecule has 0 saturated heterocycles. The van der Waals surface area contributed by atoms with Crippen LogP contribution in [0.1, 0.15) is 62.3 Å². The Morgan fingerprint density at radius 2 is 2.00 bits per heavy atom. The Balaban J connectivity index is 1.35. The van der Waals surface area contributed by atoms with Crippen LogP contribution in [-0.4, -0.2) is 28.0 Å². The monoisotopic (exact) mass is 281 g/mol. The van der Waals surface area contributed by atoms with Crippen LogP contribution in [0.3, 0.4) is 0 Å². The summed E-state index contributed by atoms with van der Waals surface area (Å²) in [6.07, 6.45) is 9.44. The van der Waals surface area contributed by atoms with Crippen molar-refractivity contribution in [3.63, 3.8) is 0 Å². The van der Waals surface area contributed by atoms with Crippen LogP contribution in [0.25, 0.3) is 0 Å². The first-order valence-corrected chi connectivity index (χ1v) is 8.40. The fourth-order valence-corrected chi connectivity index (χ4v) is 3.82. The highest BCUT2D eigenvalue weighted by Gasteiger charge is 2.27. The van der Waals surface area contributed by atoms with Crippen molar-refractivity contribution in [1.29, 1.82) is 0 Å². The molecule has 0 aliphatic heterocycles. The van der Waals surface area contributed by atoms with Gasteiger partial charge < -0.3 is 10.4 Å². The summed E-state index contributed by atoms with van der Waals surface area (Å²) in [6, 6.07) is 0. The standard InChI is InChI=1S/C14H23N3OS/c18-12-6-2-1-4-10(12)5-3-9-15-14-17-16-13(19-14)11-7-8-11/h10-12,18H,1-9H2,(H,15,17). The van der Waals surface area contributed by atoms with E-state index in [4.69, 9.17) is 0 Å². The van der Waals surface area contributed by atoms with Crippen molar-refractivity contribution in [2.24, 2.45) is 5.92 Å². The van der Waals surface area contributed by atoms with Crippen LogP contribution in [0.15, 0.2) is 0 Å². The van der Waals surface area contributed by atoms with Crippen molar-refractivity contribution < 1.29 is 5.11 Å². The first-order valence-electron chi connectivity index (χ1n) is 7.58. The Morgan fingerprint density at radius 1 is 1.16 bits per heavy atom. The topological polar surface area (TPSA) is 58.0 Å². The third-order valence-corrected chi connectivity index (χ3v) is 5.31. The fourth-order valence-electron chi connectivity index (χ4n) is 2.89. The summed E-state index contributed by atoms with van der Waals surface area (Å²) in [5.74, 6) is 1.22. The second kappa shape index (κ2) is 6.18. The largest absolute Gasteiger partial charge is 0.393 e. The zero-order chi connectivity index (χ0) is 13.1. The number of aliphatic hydroxyl groups is 1. The number of anilines is 1. The summed E-state index contributed by atoms with van der Waals surface area (Å²) in [6.45, 7) is 0.947. The van der Waals surface area contributed by atoms with Crippen molar-refractivity contribution in [2.45, 2.75) is 63.4 Å². The molecule has 0 spiro atoms. The summed E-state index contributed by atoms with van der Waals surface area (Å²) in [4.78, 5) is 0. The lowest BCUT2D eigenvalue weighted by molar-refractivity contribution is 0.0648. The Bertz CT molecular complexity index is 405. The maximum Gasteiger partial charge on any atom is 0.205 e. The van der Waals surface area contributed by atoms with Crippen molar-refractivity contribution >= 4 is 16.5 Å². The Hall–Kier alpha value is -0.680. The number of nitrogens with zero attached hydrogens (tertiary/aromatic N) is 2. The normalized spacial score (nSPS) is 27.4. The van der Waals surface area contributed by atoms with Gasteiger partial charge in [0.25, 0.3) is 0 Å². The van der Waals surface area contributed by atoms with Crippen LogP contribution in [0.5, 0.6) is 0 Å². The van der Waals surface area contributed by atoms with Crippen molar-refractivity contribution in [3.05, 3.63) is 5.01 Å². The molecule has 0 aromatic carbocycles. The zero-order valence-corrected chi connectivity index (χ0v) is 12.2. The van der Waals surface area contributed by atoms with Crippen molar-refractivity contribution in [3.8, 4) is 0 Å². The number of hydrogen-bond donors (Lipinski definition) is 2. The molecule has 0 amide bonds.